The Bertz CT molecular complexity index is 2750. The number of nitrogens with zero attached hydrogens (tertiary/aromatic N) is 4. The van der Waals surface area contributed by atoms with E-state index in [1.807, 2.05) is 24.3 Å². The third-order valence-electron chi connectivity index (χ3n) is 16.9. The molecule has 2 N–H and O–H groups in total. The number of esters is 2. The zero-order chi connectivity index (χ0) is 55.2. The third kappa shape index (κ3) is 11.8. The molecule has 2 aliphatic carbocycles. The SMILES string of the molecule is COC(=O)[C@@]1(O)CC(=O)N(C)CC/C=C/CCCN2C[C@@]3(CCCc4cc(Cl)ccc43)COc3ccc1cc32.COC(=O)[C@]1(O)CC(=O)N(C)CC/C=C/CCCN2C[C@@]3(CCCc4cc(Cl)ccc43)COc3ccc1cc32. The van der Waals surface area contributed by atoms with Crippen molar-refractivity contribution in [1.82, 2.24) is 9.80 Å². The van der Waals surface area contributed by atoms with Gasteiger partial charge in [-0.25, -0.2) is 9.59 Å². The summed E-state index contributed by atoms with van der Waals surface area (Å²) >= 11 is 12.7. The Kier molecular flexibility index (Phi) is 17.5. The number of carbonyl (C=O) groups is 4. The van der Waals surface area contributed by atoms with Crippen LogP contribution in [0.4, 0.5) is 11.4 Å². The van der Waals surface area contributed by atoms with Gasteiger partial charge in [0.2, 0.25) is 11.8 Å². The Morgan fingerprint density at radius 1 is 0.551 bits per heavy atom. The smallest absolute Gasteiger partial charge is 0.343 e. The van der Waals surface area contributed by atoms with E-state index < -0.39 is 36.0 Å². The van der Waals surface area contributed by atoms with E-state index >= 15 is 0 Å². The Morgan fingerprint density at radius 3 is 1.37 bits per heavy atom. The lowest BCUT2D eigenvalue weighted by Crippen LogP contribution is -2.46. The van der Waals surface area contributed by atoms with Crippen molar-refractivity contribution in [3.05, 3.63) is 141 Å². The van der Waals surface area contributed by atoms with Gasteiger partial charge in [-0.15, -0.1) is 0 Å². The number of hydrogen-bond acceptors (Lipinski definition) is 12. The van der Waals surface area contributed by atoms with E-state index in [2.05, 4.69) is 58.4 Å². The number of methoxy groups -OCH3 is 2. The summed E-state index contributed by atoms with van der Waals surface area (Å²) < 4.78 is 23.0. The molecule has 0 unspecified atom stereocenters. The van der Waals surface area contributed by atoms with Crippen molar-refractivity contribution >= 4 is 58.3 Å². The molecule has 0 radical (unpaired) electrons. The first kappa shape index (κ1) is 56.7. The van der Waals surface area contributed by atoms with Crippen LogP contribution in [-0.4, -0.2) is 125 Å². The van der Waals surface area contributed by atoms with Gasteiger partial charge in [0.05, 0.1) is 51.6 Å². The molecule has 4 aromatic carbocycles. The minimum Gasteiger partial charge on any atom is -0.490 e. The summed E-state index contributed by atoms with van der Waals surface area (Å²) in [5.74, 6) is -0.969. The minimum atomic E-state index is -2.12. The number of benzene rings is 4. The normalized spacial score (nSPS) is 26.5. The molecule has 4 bridgehead atoms. The molecule has 0 saturated heterocycles. The Balaban J connectivity index is 0.000000190. The topological polar surface area (TPSA) is 159 Å². The Hall–Kier alpha value is -6.06. The first-order valence-electron chi connectivity index (χ1n) is 27.5. The fourth-order valence-electron chi connectivity index (χ4n) is 12.5. The van der Waals surface area contributed by atoms with E-state index in [4.69, 9.17) is 42.1 Å². The summed E-state index contributed by atoms with van der Waals surface area (Å²) in [6.07, 6.45) is 18.9. The molecule has 0 saturated carbocycles. The molecule has 416 valence electrons. The molecule has 14 nitrogen and oxygen atoms in total. The van der Waals surface area contributed by atoms with E-state index in [1.165, 1.54) is 36.5 Å². The van der Waals surface area contributed by atoms with E-state index in [9.17, 15) is 29.4 Å². The van der Waals surface area contributed by atoms with E-state index in [0.717, 1.165) is 112 Å². The number of carbonyl (C=O) groups excluding carboxylic acids is 4. The van der Waals surface area contributed by atoms with Crippen molar-refractivity contribution in [3.63, 3.8) is 0 Å². The highest BCUT2D eigenvalue weighted by Crippen LogP contribution is 2.48. The van der Waals surface area contributed by atoms with Crippen LogP contribution in [0, 0.1) is 0 Å². The Labute approximate surface area is 468 Å². The molecule has 4 aromatic rings. The lowest BCUT2D eigenvalue weighted by molar-refractivity contribution is -0.168. The highest BCUT2D eigenvalue weighted by Gasteiger charge is 2.47. The number of halogens is 2. The fraction of sp³-hybridized carbons (Fsp3) is 0.484. The molecule has 2 spiro atoms. The number of hydrogen-bond donors (Lipinski definition) is 2. The molecule has 4 atom stereocenters. The largest absolute Gasteiger partial charge is 0.490 e. The number of rotatable bonds is 2. The summed E-state index contributed by atoms with van der Waals surface area (Å²) in [4.78, 5) is 59.8. The number of allylic oxidation sites excluding steroid dienone is 2. The standard InChI is InChI=1S/2C31H37ClN2O5/c2*1-33-15-6-4-3-5-7-16-34-20-30(14-8-9-22-17-24(32)11-12-25(22)30)21-39-27-13-10-23(18-26(27)34)31(37,19-28(33)35)29(36)38-2/h2*3-4,10-13,17-18,37H,5-9,14-16,19-21H2,1-2H3/b2*4-3+/t30-,31+;30-,31-/m00/s1. The maximum atomic E-state index is 13.1. The van der Waals surface area contributed by atoms with Crippen molar-refractivity contribution < 1.29 is 48.3 Å². The van der Waals surface area contributed by atoms with Crippen LogP contribution < -0.4 is 19.3 Å². The van der Waals surface area contributed by atoms with Gasteiger partial charge in [0.25, 0.3) is 0 Å². The van der Waals surface area contributed by atoms with Gasteiger partial charge < -0.3 is 48.8 Å². The Morgan fingerprint density at radius 2 is 0.962 bits per heavy atom. The molecule has 6 aliphatic rings. The van der Waals surface area contributed by atoms with Crippen LogP contribution in [0.5, 0.6) is 11.5 Å². The lowest BCUT2D eigenvalue weighted by atomic mass is 9.70. The van der Waals surface area contributed by atoms with Crippen LogP contribution in [0.2, 0.25) is 10.0 Å². The summed E-state index contributed by atoms with van der Waals surface area (Å²) in [5.41, 5.74) is 2.71. The van der Waals surface area contributed by atoms with Crippen LogP contribution in [-0.2, 0) is 63.5 Å². The molecule has 78 heavy (non-hydrogen) atoms. The quantitative estimate of drug-likeness (QED) is 0.145. The van der Waals surface area contributed by atoms with Gasteiger partial charge in [-0.1, -0.05) is 71.8 Å². The second-order valence-electron chi connectivity index (χ2n) is 22.1. The van der Waals surface area contributed by atoms with Gasteiger partial charge in [-0.05, 0) is 159 Å². The number of amides is 2. The van der Waals surface area contributed by atoms with E-state index in [1.54, 1.807) is 48.2 Å². The monoisotopic (exact) mass is 1100 g/mol. The number of anilines is 2. The van der Waals surface area contributed by atoms with Crippen LogP contribution >= 0.6 is 23.2 Å². The zero-order valence-corrected chi connectivity index (χ0v) is 47.0. The highest BCUT2D eigenvalue weighted by molar-refractivity contribution is 6.31. The van der Waals surface area contributed by atoms with Crippen molar-refractivity contribution in [3.8, 4) is 11.5 Å². The van der Waals surface area contributed by atoms with Gasteiger partial charge in [-0.3, -0.25) is 9.59 Å². The van der Waals surface area contributed by atoms with Gasteiger partial charge in [0, 0.05) is 74.2 Å². The molecule has 10 rings (SSSR count). The molecule has 2 amide bonds. The van der Waals surface area contributed by atoms with Crippen molar-refractivity contribution in [2.75, 3.05) is 90.6 Å². The number of ether oxygens (including phenoxy) is 4. The van der Waals surface area contributed by atoms with Gasteiger partial charge in [0.15, 0.2) is 11.2 Å². The number of fused-ring (bicyclic) bond motifs is 6. The van der Waals surface area contributed by atoms with Crippen LogP contribution in [0.25, 0.3) is 0 Å². The van der Waals surface area contributed by atoms with Crippen molar-refractivity contribution in [1.29, 1.82) is 0 Å². The van der Waals surface area contributed by atoms with E-state index in [0.29, 0.717) is 61.8 Å². The highest BCUT2D eigenvalue weighted by atomic mass is 35.5. The summed E-state index contributed by atoms with van der Waals surface area (Å²) in [5, 5.41) is 24.9. The zero-order valence-electron chi connectivity index (χ0n) is 45.5. The number of aryl methyl sites for hydroxylation is 2. The number of aliphatic hydroxyl groups is 2. The second kappa shape index (κ2) is 24.1. The third-order valence-corrected chi connectivity index (χ3v) is 17.4. The van der Waals surface area contributed by atoms with Crippen LogP contribution in [0.1, 0.15) is 110 Å². The van der Waals surface area contributed by atoms with Crippen molar-refractivity contribution in [2.24, 2.45) is 0 Å². The molecule has 0 aromatic heterocycles. The molecular weight excluding hydrogens is 1030 g/mol. The predicted molar refractivity (Wildman–Crippen MR) is 303 cm³/mol. The summed E-state index contributed by atoms with van der Waals surface area (Å²) in [6, 6.07) is 23.0. The maximum Gasteiger partial charge on any atom is 0.343 e. The van der Waals surface area contributed by atoms with Gasteiger partial charge in [0.1, 0.15) is 11.5 Å². The van der Waals surface area contributed by atoms with Crippen LogP contribution in [0.15, 0.2) is 97.1 Å². The lowest BCUT2D eigenvalue weighted by Gasteiger charge is -2.41. The average molecular weight is 1110 g/mol. The molecule has 16 heteroatoms. The first-order valence-corrected chi connectivity index (χ1v) is 28.3. The van der Waals surface area contributed by atoms with Crippen molar-refractivity contribution in [2.45, 2.75) is 112 Å². The first-order chi connectivity index (χ1) is 37.5. The maximum absolute atomic E-state index is 13.1. The molecule has 4 aliphatic heterocycles. The average Bonchev–Trinajstić information content (AvgIpc) is 3.84. The van der Waals surface area contributed by atoms with Gasteiger partial charge in [-0.2, -0.15) is 0 Å². The molecule has 4 heterocycles. The van der Waals surface area contributed by atoms with Crippen LogP contribution in [0.3, 0.4) is 0 Å². The fourth-order valence-corrected chi connectivity index (χ4v) is 12.9. The molecular formula is C62H74Cl2N4O10. The van der Waals surface area contributed by atoms with E-state index in [-0.39, 0.29) is 22.6 Å². The summed E-state index contributed by atoms with van der Waals surface area (Å²) in [7, 11) is 5.83. The molecule has 0 fully saturated rings. The minimum absolute atomic E-state index is 0.215. The van der Waals surface area contributed by atoms with Gasteiger partial charge >= 0.3 is 11.9 Å². The second-order valence-corrected chi connectivity index (χ2v) is 23.0. The predicted octanol–water partition coefficient (Wildman–Crippen LogP) is 9.52. The summed E-state index contributed by atoms with van der Waals surface area (Å²) in [6.45, 7) is 5.09.